The molecule has 160 valence electrons. The lowest BCUT2D eigenvalue weighted by Gasteiger charge is -2.21. The lowest BCUT2D eigenvalue weighted by atomic mass is 10.2. The second kappa shape index (κ2) is 10.6. The number of aryl methyl sites for hydroxylation is 2. The molecule has 8 nitrogen and oxygen atoms in total. The summed E-state index contributed by atoms with van der Waals surface area (Å²) >= 11 is 0. The Hall–Kier alpha value is -2.17. The van der Waals surface area contributed by atoms with Crippen molar-refractivity contribution in [3.63, 3.8) is 0 Å². The molecule has 2 heterocycles. The number of guanidine groups is 1. The number of aliphatic imine (C=N–C) groups is 1. The van der Waals surface area contributed by atoms with Crippen LogP contribution in [0.5, 0.6) is 11.5 Å². The molecule has 1 saturated heterocycles. The molecule has 9 heteroatoms. The normalized spacial score (nSPS) is 16.4. The highest BCUT2D eigenvalue weighted by atomic mass is 127. The molecule has 0 bridgehead atoms. The van der Waals surface area contributed by atoms with E-state index in [4.69, 9.17) is 13.9 Å². The summed E-state index contributed by atoms with van der Waals surface area (Å²) in [7, 11) is 5.10. The van der Waals surface area contributed by atoms with Crippen LogP contribution in [-0.4, -0.2) is 51.3 Å². The Bertz CT molecular complexity index is 798. The van der Waals surface area contributed by atoms with Gasteiger partial charge in [-0.3, -0.25) is 4.99 Å². The summed E-state index contributed by atoms with van der Waals surface area (Å²) in [5.41, 5.74) is 2.01. The van der Waals surface area contributed by atoms with E-state index in [1.54, 1.807) is 21.3 Å². The molecule has 1 atom stereocenters. The van der Waals surface area contributed by atoms with Gasteiger partial charge in [-0.15, -0.1) is 24.0 Å². The Morgan fingerprint density at radius 2 is 1.93 bits per heavy atom. The van der Waals surface area contributed by atoms with E-state index in [9.17, 15) is 0 Å². The molecule has 1 aliphatic rings. The zero-order valence-electron chi connectivity index (χ0n) is 17.6. The van der Waals surface area contributed by atoms with Gasteiger partial charge in [-0.1, -0.05) is 0 Å². The molecule has 1 aromatic carbocycles. The molecule has 2 aromatic rings. The number of halogens is 1. The van der Waals surface area contributed by atoms with Crippen molar-refractivity contribution < 1.29 is 13.9 Å². The first-order chi connectivity index (χ1) is 13.5. The van der Waals surface area contributed by atoms with E-state index in [1.165, 1.54) is 0 Å². The van der Waals surface area contributed by atoms with Crippen molar-refractivity contribution in [3.05, 3.63) is 35.5 Å². The van der Waals surface area contributed by atoms with Crippen LogP contribution in [0.3, 0.4) is 0 Å². The number of hydrogen-bond donors (Lipinski definition) is 2. The molecule has 1 unspecified atom stereocenters. The maximum atomic E-state index is 5.61. The minimum atomic E-state index is 0. The second-order valence-corrected chi connectivity index (χ2v) is 6.82. The van der Waals surface area contributed by atoms with E-state index >= 15 is 0 Å². The number of ether oxygens (including phenoxy) is 2. The van der Waals surface area contributed by atoms with Crippen LogP contribution in [-0.2, 0) is 6.54 Å². The number of hydrogen-bond acceptors (Lipinski definition) is 6. The molecule has 0 saturated carbocycles. The summed E-state index contributed by atoms with van der Waals surface area (Å²) in [5, 5.41) is 6.75. The van der Waals surface area contributed by atoms with Gasteiger partial charge < -0.3 is 29.4 Å². The Morgan fingerprint density at radius 1 is 1.24 bits per heavy atom. The van der Waals surface area contributed by atoms with Gasteiger partial charge in [0.2, 0.25) is 5.89 Å². The quantitative estimate of drug-likeness (QED) is 0.348. The van der Waals surface area contributed by atoms with Crippen LogP contribution in [0.15, 0.2) is 27.6 Å². The number of anilines is 1. The van der Waals surface area contributed by atoms with E-state index < -0.39 is 0 Å². The predicted octanol–water partition coefficient (Wildman–Crippen LogP) is 2.87. The summed E-state index contributed by atoms with van der Waals surface area (Å²) < 4.78 is 16.4. The van der Waals surface area contributed by atoms with Crippen molar-refractivity contribution in [3.8, 4) is 11.5 Å². The smallest absolute Gasteiger partial charge is 0.214 e. The highest BCUT2D eigenvalue weighted by Gasteiger charge is 2.24. The van der Waals surface area contributed by atoms with Gasteiger partial charge >= 0.3 is 0 Å². The van der Waals surface area contributed by atoms with Gasteiger partial charge in [0.25, 0.3) is 0 Å². The molecule has 0 aliphatic carbocycles. The minimum Gasteiger partial charge on any atom is -0.497 e. The number of rotatable bonds is 6. The zero-order chi connectivity index (χ0) is 20.1. The van der Waals surface area contributed by atoms with E-state index in [0.29, 0.717) is 12.4 Å². The van der Waals surface area contributed by atoms with Gasteiger partial charge in [0, 0.05) is 50.1 Å². The largest absolute Gasteiger partial charge is 0.497 e. The van der Waals surface area contributed by atoms with E-state index in [0.717, 1.165) is 54.1 Å². The van der Waals surface area contributed by atoms with Crippen LogP contribution in [0.1, 0.15) is 23.8 Å². The van der Waals surface area contributed by atoms with Crippen molar-refractivity contribution >= 4 is 35.6 Å². The van der Waals surface area contributed by atoms with Gasteiger partial charge in [-0.2, -0.15) is 0 Å². The molecule has 2 N–H and O–H groups in total. The van der Waals surface area contributed by atoms with Crippen molar-refractivity contribution in [2.24, 2.45) is 4.99 Å². The van der Waals surface area contributed by atoms with Gasteiger partial charge in [0.1, 0.15) is 17.3 Å². The minimum absolute atomic E-state index is 0. The number of nitrogens with zero attached hydrogens (tertiary/aromatic N) is 3. The SMILES string of the molecule is CN=C(NCc1nc(C)c(C)o1)NC1CCN(c2cc(OC)cc(OC)c2)C1.I. The number of nitrogens with one attached hydrogen (secondary N) is 2. The van der Waals surface area contributed by atoms with Crippen molar-refractivity contribution in [1.82, 2.24) is 15.6 Å². The maximum Gasteiger partial charge on any atom is 0.214 e. The van der Waals surface area contributed by atoms with Crippen molar-refractivity contribution in [1.29, 1.82) is 0 Å². The van der Waals surface area contributed by atoms with Crippen molar-refractivity contribution in [2.75, 3.05) is 39.3 Å². The summed E-state index contributed by atoms with van der Waals surface area (Å²) in [4.78, 5) is 11.0. The van der Waals surface area contributed by atoms with E-state index in [1.807, 2.05) is 32.0 Å². The average Bonchev–Trinajstić information content (AvgIpc) is 3.31. The third-order valence-corrected chi connectivity index (χ3v) is 4.93. The number of aromatic nitrogens is 1. The second-order valence-electron chi connectivity index (χ2n) is 6.82. The third kappa shape index (κ3) is 5.91. The fourth-order valence-electron chi connectivity index (χ4n) is 3.25. The van der Waals surface area contributed by atoms with E-state index in [2.05, 4.69) is 25.5 Å². The van der Waals surface area contributed by atoms with Crippen molar-refractivity contribution in [2.45, 2.75) is 32.9 Å². The van der Waals surface area contributed by atoms with Gasteiger partial charge in [-0.05, 0) is 20.3 Å². The molecule has 1 fully saturated rings. The molecule has 0 amide bonds. The van der Waals surface area contributed by atoms with Crippen LogP contribution in [0, 0.1) is 13.8 Å². The van der Waals surface area contributed by atoms with Crippen LogP contribution in [0.25, 0.3) is 0 Å². The first-order valence-corrected chi connectivity index (χ1v) is 9.40. The third-order valence-electron chi connectivity index (χ3n) is 4.93. The standard InChI is InChI=1S/C20H29N5O3.HI/c1-13-14(2)28-19(23-13)11-22-20(21-3)24-15-6-7-25(12-15)16-8-17(26-4)10-18(9-16)27-5;/h8-10,15H,6-7,11-12H2,1-5H3,(H2,21,22,24);1H. The Labute approximate surface area is 189 Å². The van der Waals surface area contributed by atoms with Gasteiger partial charge in [-0.25, -0.2) is 4.98 Å². The monoisotopic (exact) mass is 515 g/mol. The van der Waals surface area contributed by atoms with Crippen LogP contribution < -0.4 is 25.0 Å². The Balaban J connectivity index is 0.00000300. The molecule has 1 aromatic heterocycles. The summed E-state index contributed by atoms with van der Waals surface area (Å²) in [6.07, 6.45) is 1.01. The van der Waals surface area contributed by atoms with Crippen LogP contribution >= 0.6 is 24.0 Å². The number of benzene rings is 1. The number of oxazole rings is 1. The zero-order valence-corrected chi connectivity index (χ0v) is 19.9. The average molecular weight is 515 g/mol. The number of methoxy groups -OCH3 is 2. The maximum absolute atomic E-state index is 5.61. The molecule has 1 aliphatic heterocycles. The summed E-state index contributed by atoms with van der Waals surface area (Å²) in [6.45, 7) is 6.17. The fraction of sp³-hybridized carbons (Fsp3) is 0.500. The molecular weight excluding hydrogens is 485 g/mol. The molecule has 29 heavy (non-hydrogen) atoms. The Kier molecular flexibility index (Phi) is 8.42. The summed E-state index contributed by atoms with van der Waals surface area (Å²) in [6, 6.07) is 6.24. The predicted molar refractivity (Wildman–Crippen MR) is 125 cm³/mol. The molecule has 3 rings (SSSR count). The fourth-order valence-corrected chi connectivity index (χ4v) is 3.25. The van der Waals surface area contributed by atoms with Gasteiger partial charge in [0.15, 0.2) is 5.96 Å². The van der Waals surface area contributed by atoms with E-state index in [-0.39, 0.29) is 30.0 Å². The molecule has 0 radical (unpaired) electrons. The lowest BCUT2D eigenvalue weighted by Crippen LogP contribution is -2.44. The lowest BCUT2D eigenvalue weighted by molar-refractivity contribution is 0.394. The highest BCUT2D eigenvalue weighted by Crippen LogP contribution is 2.30. The first kappa shape index (κ1) is 23.1. The Morgan fingerprint density at radius 3 is 2.48 bits per heavy atom. The summed E-state index contributed by atoms with van der Waals surface area (Å²) in [5.74, 6) is 3.83. The van der Waals surface area contributed by atoms with Crippen LogP contribution in [0.2, 0.25) is 0 Å². The topological polar surface area (TPSA) is 84.2 Å². The molecular formula is C20H30IN5O3. The first-order valence-electron chi connectivity index (χ1n) is 9.40. The highest BCUT2D eigenvalue weighted by molar-refractivity contribution is 14.0. The van der Waals surface area contributed by atoms with Crippen LogP contribution in [0.4, 0.5) is 5.69 Å². The van der Waals surface area contributed by atoms with Gasteiger partial charge in [0.05, 0.1) is 26.5 Å². The molecule has 0 spiro atoms.